The first-order chi connectivity index (χ1) is 12.6. The lowest BCUT2D eigenvalue weighted by Crippen LogP contribution is -2.41. The minimum absolute atomic E-state index is 0.159. The minimum Gasteiger partial charge on any atom is -0.341 e. The maximum atomic E-state index is 12.8. The highest BCUT2D eigenvalue weighted by Gasteiger charge is 2.30. The van der Waals surface area contributed by atoms with Gasteiger partial charge in [-0.25, -0.2) is 0 Å². The van der Waals surface area contributed by atoms with Crippen LogP contribution in [0.2, 0.25) is 0 Å². The fourth-order valence-corrected chi connectivity index (χ4v) is 4.19. The van der Waals surface area contributed by atoms with Gasteiger partial charge in [0, 0.05) is 38.2 Å². The zero-order chi connectivity index (χ0) is 18.1. The van der Waals surface area contributed by atoms with Crippen LogP contribution in [0.5, 0.6) is 0 Å². The van der Waals surface area contributed by atoms with E-state index in [9.17, 15) is 4.79 Å². The summed E-state index contributed by atoms with van der Waals surface area (Å²) in [6, 6.07) is -0.246. The van der Waals surface area contributed by atoms with Crippen molar-refractivity contribution in [2.45, 2.75) is 70.9 Å². The van der Waals surface area contributed by atoms with Crippen LogP contribution in [0.15, 0.2) is 12.4 Å². The molecule has 1 amide bonds. The van der Waals surface area contributed by atoms with Gasteiger partial charge in [0.05, 0.1) is 6.20 Å². The van der Waals surface area contributed by atoms with E-state index in [2.05, 4.69) is 19.9 Å². The number of hydrogen-bond donors (Lipinski definition) is 0. The second-order valence-corrected chi connectivity index (χ2v) is 7.71. The minimum atomic E-state index is -0.246. The van der Waals surface area contributed by atoms with Crippen LogP contribution in [-0.4, -0.2) is 48.4 Å². The molecule has 0 bridgehead atoms. The Bertz CT molecular complexity index is 771. The molecule has 26 heavy (non-hydrogen) atoms. The predicted molar refractivity (Wildman–Crippen MR) is 97.8 cm³/mol. The van der Waals surface area contributed by atoms with Crippen molar-refractivity contribution in [2.24, 2.45) is 0 Å². The second kappa shape index (κ2) is 7.21. The third-order valence-electron chi connectivity index (χ3n) is 5.79. The van der Waals surface area contributed by atoms with Crippen molar-refractivity contribution in [3.63, 3.8) is 0 Å². The number of aryl methyl sites for hydroxylation is 2. The van der Waals surface area contributed by atoms with Crippen LogP contribution in [0.1, 0.15) is 68.2 Å². The van der Waals surface area contributed by atoms with Crippen molar-refractivity contribution >= 4 is 5.91 Å². The zero-order valence-electron chi connectivity index (χ0n) is 15.8. The van der Waals surface area contributed by atoms with Crippen molar-refractivity contribution in [1.29, 1.82) is 0 Å². The van der Waals surface area contributed by atoms with Crippen molar-refractivity contribution in [3.8, 4) is 0 Å². The van der Waals surface area contributed by atoms with Gasteiger partial charge in [-0.3, -0.25) is 9.48 Å². The SMILES string of the molecule is Cc1cnn(C(C)C(=O)N2CCC(c3nnc4n3CCCCC4)CC2)c1. The summed E-state index contributed by atoms with van der Waals surface area (Å²) in [6.45, 7) is 6.55. The van der Waals surface area contributed by atoms with Crippen LogP contribution in [0, 0.1) is 6.92 Å². The van der Waals surface area contributed by atoms with Gasteiger partial charge in [0.15, 0.2) is 0 Å². The molecule has 7 nitrogen and oxygen atoms in total. The van der Waals surface area contributed by atoms with E-state index in [1.54, 1.807) is 10.9 Å². The lowest BCUT2D eigenvalue weighted by Gasteiger charge is -2.33. The van der Waals surface area contributed by atoms with Crippen LogP contribution < -0.4 is 0 Å². The Hall–Kier alpha value is -2.18. The molecule has 2 aliphatic heterocycles. The smallest absolute Gasteiger partial charge is 0.247 e. The van der Waals surface area contributed by atoms with Gasteiger partial charge in [0.25, 0.3) is 0 Å². The Labute approximate surface area is 154 Å². The number of likely N-dealkylation sites (tertiary alicyclic amines) is 1. The highest BCUT2D eigenvalue weighted by Crippen LogP contribution is 2.29. The summed E-state index contributed by atoms with van der Waals surface area (Å²) in [5.74, 6) is 2.87. The number of amides is 1. The molecule has 0 aliphatic carbocycles. The first-order valence-electron chi connectivity index (χ1n) is 9.85. The quantitative estimate of drug-likeness (QED) is 0.847. The molecule has 0 N–H and O–H groups in total. The fourth-order valence-electron chi connectivity index (χ4n) is 4.19. The Morgan fingerprint density at radius 1 is 1.15 bits per heavy atom. The Balaban J connectivity index is 1.40. The lowest BCUT2D eigenvalue weighted by atomic mass is 9.95. The van der Waals surface area contributed by atoms with Gasteiger partial charge in [0.1, 0.15) is 17.7 Å². The van der Waals surface area contributed by atoms with Crippen molar-refractivity contribution in [3.05, 3.63) is 29.6 Å². The van der Waals surface area contributed by atoms with E-state index >= 15 is 0 Å². The number of nitrogens with zero attached hydrogens (tertiary/aromatic N) is 6. The molecule has 1 fully saturated rings. The molecule has 1 atom stereocenters. The van der Waals surface area contributed by atoms with Crippen LogP contribution in [0.25, 0.3) is 0 Å². The van der Waals surface area contributed by atoms with Crippen LogP contribution in [0.4, 0.5) is 0 Å². The molecule has 0 saturated carbocycles. The normalized spacial score (nSPS) is 19.8. The van der Waals surface area contributed by atoms with E-state index in [1.807, 2.05) is 24.9 Å². The number of carbonyl (C=O) groups excluding carboxylic acids is 1. The Morgan fingerprint density at radius 3 is 2.69 bits per heavy atom. The molecule has 0 spiro atoms. The molecule has 0 aromatic carbocycles. The molecule has 1 unspecified atom stereocenters. The molecular weight excluding hydrogens is 328 g/mol. The van der Waals surface area contributed by atoms with Gasteiger partial charge in [-0.15, -0.1) is 10.2 Å². The summed E-state index contributed by atoms with van der Waals surface area (Å²) in [5, 5.41) is 13.2. The summed E-state index contributed by atoms with van der Waals surface area (Å²) in [6.07, 6.45) is 10.4. The fraction of sp³-hybridized carbons (Fsp3) is 0.684. The van der Waals surface area contributed by atoms with Crippen LogP contribution >= 0.6 is 0 Å². The molecule has 0 radical (unpaired) electrons. The molecule has 4 rings (SSSR count). The number of hydrogen-bond acceptors (Lipinski definition) is 4. The van der Waals surface area contributed by atoms with E-state index in [1.165, 1.54) is 19.3 Å². The number of rotatable bonds is 3. The molecule has 4 heterocycles. The molecule has 2 aromatic heterocycles. The van der Waals surface area contributed by atoms with Gasteiger partial charge < -0.3 is 9.47 Å². The van der Waals surface area contributed by atoms with Crippen molar-refractivity contribution < 1.29 is 4.79 Å². The van der Waals surface area contributed by atoms with Gasteiger partial charge >= 0.3 is 0 Å². The monoisotopic (exact) mass is 356 g/mol. The van der Waals surface area contributed by atoms with Crippen LogP contribution in [0.3, 0.4) is 0 Å². The summed E-state index contributed by atoms with van der Waals surface area (Å²) in [7, 11) is 0. The summed E-state index contributed by atoms with van der Waals surface area (Å²) in [4.78, 5) is 14.8. The number of fused-ring (bicyclic) bond motifs is 1. The maximum Gasteiger partial charge on any atom is 0.247 e. The summed E-state index contributed by atoms with van der Waals surface area (Å²) < 4.78 is 4.12. The zero-order valence-corrected chi connectivity index (χ0v) is 15.8. The molecule has 1 saturated heterocycles. The Morgan fingerprint density at radius 2 is 1.96 bits per heavy atom. The summed E-state index contributed by atoms with van der Waals surface area (Å²) >= 11 is 0. The standard InChI is InChI=1S/C19H28N6O/c1-14-12-20-25(13-14)15(2)19(26)23-10-7-16(8-11-23)18-22-21-17-6-4-3-5-9-24(17)18/h12-13,15-16H,3-11H2,1-2H3. The van der Waals surface area contributed by atoms with E-state index in [0.717, 1.165) is 56.1 Å². The average molecular weight is 356 g/mol. The van der Waals surface area contributed by atoms with Crippen LogP contribution in [-0.2, 0) is 17.8 Å². The first kappa shape index (κ1) is 17.2. The van der Waals surface area contributed by atoms with Gasteiger partial charge in [-0.2, -0.15) is 5.10 Å². The third-order valence-corrected chi connectivity index (χ3v) is 5.79. The number of carbonyl (C=O) groups is 1. The van der Waals surface area contributed by atoms with E-state index < -0.39 is 0 Å². The molecule has 2 aromatic rings. The van der Waals surface area contributed by atoms with E-state index in [0.29, 0.717) is 5.92 Å². The summed E-state index contributed by atoms with van der Waals surface area (Å²) in [5.41, 5.74) is 1.08. The van der Waals surface area contributed by atoms with Crippen molar-refractivity contribution in [1.82, 2.24) is 29.4 Å². The lowest BCUT2D eigenvalue weighted by molar-refractivity contribution is -0.135. The van der Waals surface area contributed by atoms with Gasteiger partial charge in [-0.05, 0) is 45.1 Å². The topological polar surface area (TPSA) is 68.8 Å². The number of piperidine rings is 1. The molecule has 140 valence electrons. The highest BCUT2D eigenvalue weighted by molar-refractivity contribution is 5.80. The largest absolute Gasteiger partial charge is 0.341 e. The molecular formula is C19H28N6O. The number of aromatic nitrogens is 5. The van der Waals surface area contributed by atoms with E-state index in [4.69, 9.17) is 0 Å². The molecule has 2 aliphatic rings. The average Bonchev–Trinajstić information content (AvgIpc) is 3.20. The highest BCUT2D eigenvalue weighted by atomic mass is 16.2. The maximum absolute atomic E-state index is 12.8. The Kier molecular flexibility index (Phi) is 4.78. The first-order valence-corrected chi connectivity index (χ1v) is 9.85. The van der Waals surface area contributed by atoms with Gasteiger partial charge in [0.2, 0.25) is 5.91 Å². The van der Waals surface area contributed by atoms with E-state index in [-0.39, 0.29) is 11.9 Å². The molecule has 7 heteroatoms. The predicted octanol–water partition coefficient (Wildman–Crippen LogP) is 2.48. The van der Waals surface area contributed by atoms with Crippen molar-refractivity contribution in [2.75, 3.05) is 13.1 Å². The van der Waals surface area contributed by atoms with Gasteiger partial charge in [-0.1, -0.05) is 6.42 Å². The second-order valence-electron chi connectivity index (χ2n) is 7.71. The third kappa shape index (κ3) is 3.27.